The lowest BCUT2D eigenvalue weighted by Gasteiger charge is -2.29. The molecule has 7 nitrogen and oxygen atoms in total. The SMILES string of the molecule is O=C1c2cnc(Nc3ccc4c(c3)CN(CC3CC3)CC4)nc2OCN1c1c(Cl)cccc1Cl. The molecule has 1 amide bonds. The molecule has 9 heteroatoms. The standard InChI is InChI=1S/C25H23Cl2N5O2/c26-20-2-1-3-21(27)22(20)32-14-34-23-19(24(32)33)11-28-25(30-23)29-18-7-6-16-8-9-31(12-15-4-5-15)13-17(16)10-18/h1-3,6-7,10-11,15H,4-5,8-9,12-14H2,(H,28,29,30). The van der Waals surface area contributed by atoms with E-state index in [1.807, 2.05) is 6.07 Å². The van der Waals surface area contributed by atoms with E-state index in [0.717, 1.165) is 31.1 Å². The summed E-state index contributed by atoms with van der Waals surface area (Å²) in [5.41, 5.74) is 4.32. The van der Waals surface area contributed by atoms with Crippen molar-refractivity contribution in [1.82, 2.24) is 14.9 Å². The van der Waals surface area contributed by atoms with Gasteiger partial charge in [0.1, 0.15) is 5.56 Å². The summed E-state index contributed by atoms with van der Waals surface area (Å²) in [6, 6.07) is 11.5. The molecule has 3 heterocycles. The fourth-order valence-corrected chi connectivity index (χ4v) is 5.17. The minimum atomic E-state index is -0.313. The fourth-order valence-electron chi connectivity index (χ4n) is 4.57. The van der Waals surface area contributed by atoms with E-state index in [9.17, 15) is 4.79 Å². The number of rotatable bonds is 5. The first-order valence-electron chi connectivity index (χ1n) is 11.4. The zero-order valence-electron chi connectivity index (χ0n) is 18.4. The minimum Gasteiger partial charge on any atom is -0.455 e. The van der Waals surface area contributed by atoms with E-state index in [-0.39, 0.29) is 24.1 Å². The van der Waals surface area contributed by atoms with Crippen molar-refractivity contribution in [3.63, 3.8) is 0 Å². The van der Waals surface area contributed by atoms with Crippen LogP contribution >= 0.6 is 23.2 Å². The Kier molecular flexibility index (Phi) is 5.56. The van der Waals surface area contributed by atoms with Crippen LogP contribution < -0.4 is 15.0 Å². The number of hydrogen-bond donors (Lipinski definition) is 1. The van der Waals surface area contributed by atoms with Gasteiger partial charge in [-0.2, -0.15) is 4.98 Å². The van der Waals surface area contributed by atoms with Crippen molar-refractivity contribution in [2.24, 2.45) is 5.92 Å². The van der Waals surface area contributed by atoms with Gasteiger partial charge in [-0.25, -0.2) is 4.98 Å². The number of carbonyl (C=O) groups is 1. The second kappa shape index (κ2) is 8.73. The summed E-state index contributed by atoms with van der Waals surface area (Å²) in [6.07, 6.45) is 5.29. The van der Waals surface area contributed by atoms with E-state index >= 15 is 0 Å². The van der Waals surface area contributed by atoms with Crippen molar-refractivity contribution >= 4 is 46.4 Å². The number of amides is 1. The van der Waals surface area contributed by atoms with Gasteiger partial charge >= 0.3 is 0 Å². The van der Waals surface area contributed by atoms with Crippen molar-refractivity contribution in [1.29, 1.82) is 0 Å². The van der Waals surface area contributed by atoms with E-state index in [2.05, 4.69) is 32.3 Å². The molecular formula is C25H23Cl2N5O2. The Labute approximate surface area is 207 Å². The number of para-hydroxylation sites is 1. The third-order valence-corrected chi connectivity index (χ3v) is 7.14. The molecular weight excluding hydrogens is 473 g/mol. The molecule has 0 bridgehead atoms. The lowest BCUT2D eigenvalue weighted by atomic mass is 9.99. The maximum absolute atomic E-state index is 13.1. The number of benzene rings is 2. The molecule has 0 saturated heterocycles. The highest BCUT2D eigenvalue weighted by Gasteiger charge is 2.31. The predicted octanol–water partition coefficient (Wildman–Crippen LogP) is 5.29. The Balaban J connectivity index is 1.20. The molecule has 0 spiro atoms. The lowest BCUT2D eigenvalue weighted by molar-refractivity contribution is 0.0932. The van der Waals surface area contributed by atoms with Crippen molar-refractivity contribution in [2.45, 2.75) is 25.8 Å². The quantitative estimate of drug-likeness (QED) is 0.518. The van der Waals surface area contributed by atoms with Crippen molar-refractivity contribution in [3.8, 4) is 5.88 Å². The second-order valence-electron chi connectivity index (χ2n) is 9.03. The highest BCUT2D eigenvalue weighted by Crippen LogP contribution is 2.37. The Morgan fingerprint density at radius 2 is 1.94 bits per heavy atom. The molecule has 2 aliphatic heterocycles. The van der Waals surface area contributed by atoms with Crippen LogP contribution in [0, 0.1) is 5.92 Å². The molecule has 34 heavy (non-hydrogen) atoms. The van der Waals surface area contributed by atoms with E-state index < -0.39 is 0 Å². The van der Waals surface area contributed by atoms with Crippen LogP contribution in [0.5, 0.6) is 5.88 Å². The summed E-state index contributed by atoms with van der Waals surface area (Å²) in [6.45, 7) is 3.27. The molecule has 1 aliphatic carbocycles. The average molecular weight is 496 g/mol. The Bertz CT molecular complexity index is 1260. The topological polar surface area (TPSA) is 70.6 Å². The van der Waals surface area contributed by atoms with Crippen LogP contribution in [0.15, 0.2) is 42.6 Å². The smallest absolute Gasteiger partial charge is 0.268 e. The normalized spacial score (nSPS) is 17.7. The van der Waals surface area contributed by atoms with Gasteiger partial charge in [-0.05, 0) is 60.6 Å². The van der Waals surface area contributed by atoms with Gasteiger partial charge in [-0.15, -0.1) is 0 Å². The highest BCUT2D eigenvalue weighted by atomic mass is 35.5. The second-order valence-corrected chi connectivity index (χ2v) is 9.84. The molecule has 174 valence electrons. The lowest BCUT2D eigenvalue weighted by Crippen LogP contribution is -2.39. The van der Waals surface area contributed by atoms with Crippen LogP contribution in [0.3, 0.4) is 0 Å². The van der Waals surface area contributed by atoms with Crippen LogP contribution in [-0.4, -0.2) is 40.6 Å². The van der Waals surface area contributed by atoms with Crippen molar-refractivity contribution < 1.29 is 9.53 Å². The van der Waals surface area contributed by atoms with Gasteiger partial charge in [-0.1, -0.05) is 35.3 Å². The monoisotopic (exact) mass is 495 g/mol. The van der Waals surface area contributed by atoms with Gasteiger partial charge in [0, 0.05) is 31.5 Å². The first-order valence-corrected chi connectivity index (χ1v) is 12.2. The number of aromatic nitrogens is 2. The van der Waals surface area contributed by atoms with E-state index in [1.54, 1.807) is 18.2 Å². The molecule has 0 atom stereocenters. The first kappa shape index (κ1) is 21.6. The summed E-state index contributed by atoms with van der Waals surface area (Å²) >= 11 is 12.6. The van der Waals surface area contributed by atoms with Crippen LogP contribution in [0.2, 0.25) is 10.0 Å². The Morgan fingerprint density at radius 1 is 1.12 bits per heavy atom. The van der Waals surface area contributed by atoms with E-state index in [4.69, 9.17) is 27.9 Å². The maximum atomic E-state index is 13.1. The molecule has 3 aliphatic rings. The van der Waals surface area contributed by atoms with Crippen molar-refractivity contribution in [3.05, 3.63) is 69.3 Å². The maximum Gasteiger partial charge on any atom is 0.268 e. The molecule has 1 aromatic heterocycles. The molecule has 2 aromatic carbocycles. The fraction of sp³-hybridized carbons (Fsp3) is 0.320. The van der Waals surface area contributed by atoms with Crippen LogP contribution in [0.1, 0.15) is 34.3 Å². The average Bonchev–Trinajstić information content (AvgIpc) is 3.64. The number of nitrogens with one attached hydrogen (secondary N) is 1. The zero-order valence-corrected chi connectivity index (χ0v) is 19.9. The third-order valence-electron chi connectivity index (χ3n) is 6.53. The van der Waals surface area contributed by atoms with E-state index in [1.165, 1.54) is 41.6 Å². The van der Waals surface area contributed by atoms with Gasteiger partial charge < -0.3 is 10.1 Å². The summed E-state index contributed by atoms with van der Waals surface area (Å²) < 4.78 is 5.79. The van der Waals surface area contributed by atoms with Gasteiger partial charge in [-0.3, -0.25) is 14.6 Å². The zero-order chi connectivity index (χ0) is 23.2. The first-order chi connectivity index (χ1) is 16.5. The van der Waals surface area contributed by atoms with Crippen molar-refractivity contribution in [2.75, 3.05) is 30.0 Å². The number of fused-ring (bicyclic) bond motifs is 2. The number of hydrogen-bond acceptors (Lipinski definition) is 6. The predicted molar refractivity (Wildman–Crippen MR) is 132 cm³/mol. The van der Waals surface area contributed by atoms with Crippen LogP contribution in [0.4, 0.5) is 17.3 Å². The molecule has 1 N–H and O–H groups in total. The number of nitrogens with zero attached hydrogens (tertiary/aromatic N) is 4. The summed E-state index contributed by atoms with van der Waals surface area (Å²) in [5.74, 6) is 1.18. The summed E-state index contributed by atoms with van der Waals surface area (Å²) in [4.78, 5) is 25.8. The number of carbonyl (C=O) groups excluding carboxylic acids is 1. The van der Waals surface area contributed by atoms with Gasteiger partial charge in [0.05, 0.1) is 15.7 Å². The molecule has 0 unspecified atom stereocenters. The number of halogens is 2. The molecule has 1 saturated carbocycles. The molecule has 6 rings (SSSR count). The summed E-state index contributed by atoms with van der Waals surface area (Å²) in [7, 11) is 0. The van der Waals surface area contributed by atoms with E-state index in [0.29, 0.717) is 21.7 Å². The molecule has 1 fully saturated rings. The molecule has 0 radical (unpaired) electrons. The van der Waals surface area contributed by atoms with Gasteiger partial charge in [0.2, 0.25) is 11.8 Å². The third kappa shape index (κ3) is 4.19. The highest BCUT2D eigenvalue weighted by molar-refractivity contribution is 6.40. The van der Waals surface area contributed by atoms with Crippen LogP contribution in [-0.2, 0) is 13.0 Å². The number of anilines is 3. The molecule has 3 aromatic rings. The van der Waals surface area contributed by atoms with Gasteiger partial charge in [0.25, 0.3) is 5.91 Å². The van der Waals surface area contributed by atoms with Crippen LogP contribution in [0.25, 0.3) is 0 Å². The Morgan fingerprint density at radius 3 is 2.74 bits per heavy atom. The largest absolute Gasteiger partial charge is 0.455 e. The minimum absolute atomic E-state index is 0.0403. The Hall–Kier alpha value is -2.87. The van der Waals surface area contributed by atoms with Gasteiger partial charge in [0.15, 0.2) is 6.73 Å². The summed E-state index contributed by atoms with van der Waals surface area (Å²) in [5, 5.41) is 4.00. The number of ether oxygens (including phenoxy) is 1.